The average molecular weight is 262 g/mol. The molecule has 0 fully saturated rings. The molecule has 16 heavy (non-hydrogen) atoms. The maximum atomic E-state index is 12.0. The predicted molar refractivity (Wildman–Crippen MR) is 61.5 cm³/mol. The highest BCUT2D eigenvalue weighted by molar-refractivity contribution is 7.89. The van der Waals surface area contributed by atoms with Gasteiger partial charge in [-0.1, -0.05) is 11.6 Å². The van der Waals surface area contributed by atoms with E-state index < -0.39 is 10.0 Å². The Kier molecular flexibility index (Phi) is 2.86. The van der Waals surface area contributed by atoms with Crippen molar-refractivity contribution in [3.05, 3.63) is 22.7 Å². The third-order valence-electron chi connectivity index (χ3n) is 2.47. The smallest absolute Gasteiger partial charge is 0.246 e. The summed E-state index contributed by atoms with van der Waals surface area (Å²) in [5.74, 6) is 0.443. The molecule has 0 bridgehead atoms. The van der Waals surface area contributed by atoms with Crippen molar-refractivity contribution < 1.29 is 13.2 Å². The summed E-state index contributed by atoms with van der Waals surface area (Å²) in [6.07, 6.45) is 0.700. The van der Waals surface area contributed by atoms with Gasteiger partial charge in [0.1, 0.15) is 10.6 Å². The Labute approximate surface area is 99.8 Å². The van der Waals surface area contributed by atoms with E-state index in [0.29, 0.717) is 23.8 Å². The minimum Gasteiger partial charge on any atom is -0.492 e. The molecule has 0 amide bonds. The summed E-state index contributed by atoms with van der Waals surface area (Å²) in [5.41, 5.74) is 0.855. The normalized spacial score (nSPS) is 15.0. The maximum absolute atomic E-state index is 12.0. The molecule has 1 aliphatic rings. The highest BCUT2D eigenvalue weighted by Gasteiger charge is 2.27. The molecule has 1 heterocycles. The van der Waals surface area contributed by atoms with Crippen LogP contribution in [0.4, 0.5) is 0 Å². The predicted octanol–water partition coefficient (Wildman–Crippen LogP) is 1.53. The molecule has 0 unspecified atom stereocenters. The zero-order valence-corrected chi connectivity index (χ0v) is 10.6. The lowest BCUT2D eigenvalue weighted by Gasteiger charge is -2.14. The fourth-order valence-electron chi connectivity index (χ4n) is 1.62. The molecule has 0 radical (unpaired) electrons. The van der Waals surface area contributed by atoms with Crippen molar-refractivity contribution in [1.29, 1.82) is 0 Å². The van der Waals surface area contributed by atoms with Crippen LogP contribution in [-0.2, 0) is 16.4 Å². The molecule has 0 saturated carbocycles. The van der Waals surface area contributed by atoms with E-state index in [1.165, 1.54) is 20.2 Å². The molecule has 0 spiro atoms. The van der Waals surface area contributed by atoms with Gasteiger partial charge in [-0.15, -0.1) is 0 Å². The van der Waals surface area contributed by atoms with E-state index in [0.717, 1.165) is 9.87 Å². The molecule has 0 N–H and O–H groups in total. The van der Waals surface area contributed by atoms with E-state index in [9.17, 15) is 8.42 Å². The summed E-state index contributed by atoms with van der Waals surface area (Å²) in [5, 5.41) is 0.421. The van der Waals surface area contributed by atoms with E-state index >= 15 is 0 Å². The Morgan fingerprint density at radius 1 is 1.38 bits per heavy atom. The average Bonchev–Trinajstić information content (AvgIpc) is 2.63. The van der Waals surface area contributed by atoms with E-state index in [1.54, 1.807) is 6.07 Å². The molecule has 0 saturated heterocycles. The van der Waals surface area contributed by atoms with Gasteiger partial charge in [-0.2, -0.15) is 0 Å². The van der Waals surface area contributed by atoms with E-state index in [4.69, 9.17) is 16.3 Å². The first-order valence-corrected chi connectivity index (χ1v) is 6.62. The molecule has 2 rings (SSSR count). The molecule has 88 valence electrons. The number of ether oxygens (including phenoxy) is 1. The minimum atomic E-state index is -3.50. The van der Waals surface area contributed by atoms with Gasteiger partial charge in [0, 0.05) is 31.1 Å². The number of nitrogens with zero attached hydrogens (tertiary/aromatic N) is 1. The fourth-order valence-corrected chi connectivity index (χ4v) is 3.02. The van der Waals surface area contributed by atoms with Crippen molar-refractivity contribution in [2.75, 3.05) is 20.7 Å². The number of fused-ring (bicyclic) bond motifs is 1. The van der Waals surface area contributed by atoms with Crippen LogP contribution in [0.15, 0.2) is 17.0 Å². The number of sulfonamides is 1. The van der Waals surface area contributed by atoms with Gasteiger partial charge < -0.3 is 4.74 Å². The molecule has 1 aliphatic heterocycles. The van der Waals surface area contributed by atoms with Crippen molar-refractivity contribution in [2.45, 2.75) is 11.3 Å². The molecule has 0 aliphatic carbocycles. The van der Waals surface area contributed by atoms with E-state index in [2.05, 4.69) is 0 Å². The van der Waals surface area contributed by atoms with Crippen LogP contribution in [0.5, 0.6) is 5.75 Å². The minimum absolute atomic E-state index is 0.150. The summed E-state index contributed by atoms with van der Waals surface area (Å²) in [7, 11) is -0.533. The second-order valence-electron chi connectivity index (χ2n) is 3.78. The lowest BCUT2D eigenvalue weighted by Crippen LogP contribution is -2.22. The third kappa shape index (κ3) is 1.79. The van der Waals surface area contributed by atoms with Gasteiger partial charge in [0.25, 0.3) is 0 Å². The summed E-state index contributed by atoms with van der Waals surface area (Å²) >= 11 is 5.90. The first-order chi connectivity index (χ1) is 7.43. The molecular weight excluding hydrogens is 250 g/mol. The first kappa shape index (κ1) is 11.7. The van der Waals surface area contributed by atoms with Gasteiger partial charge in [0.15, 0.2) is 0 Å². The molecule has 0 atom stereocenters. The Balaban J connectivity index is 2.67. The van der Waals surface area contributed by atoms with Crippen molar-refractivity contribution >= 4 is 21.6 Å². The van der Waals surface area contributed by atoms with Crippen LogP contribution < -0.4 is 4.74 Å². The standard InChI is InChI=1S/C10H12ClNO3S/c1-12(2)16(13,14)9-6-8(11)5-7-3-4-15-10(7)9/h5-6H,3-4H2,1-2H3. The van der Waals surface area contributed by atoms with Crippen LogP contribution in [0.2, 0.25) is 5.02 Å². The maximum Gasteiger partial charge on any atom is 0.246 e. The zero-order chi connectivity index (χ0) is 11.9. The van der Waals surface area contributed by atoms with Crippen LogP contribution >= 0.6 is 11.6 Å². The number of hydrogen-bond acceptors (Lipinski definition) is 3. The van der Waals surface area contributed by atoms with Crippen LogP contribution in [0, 0.1) is 0 Å². The molecule has 4 nitrogen and oxygen atoms in total. The Morgan fingerprint density at radius 2 is 2.06 bits per heavy atom. The molecule has 1 aromatic carbocycles. The van der Waals surface area contributed by atoms with Crippen molar-refractivity contribution in [3.63, 3.8) is 0 Å². The monoisotopic (exact) mass is 261 g/mol. The summed E-state index contributed by atoms with van der Waals surface area (Å²) in [6, 6.07) is 3.18. The highest BCUT2D eigenvalue weighted by Crippen LogP contribution is 2.36. The van der Waals surface area contributed by atoms with Gasteiger partial charge in [-0.05, 0) is 12.1 Å². The van der Waals surface area contributed by atoms with Crippen LogP contribution in [0.1, 0.15) is 5.56 Å². The third-order valence-corrected chi connectivity index (χ3v) is 4.51. The topological polar surface area (TPSA) is 46.6 Å². The second-order valence-corrected chi connectivity index (χ2v) is 6.33. The van der Waals surface area contributed by atoms with Crippen molar-refractivity contribution in [3.8, 4) is 5.75 Å². The van der Waals surface area contributed by atoms with Crippen LogP contribution in [0.3, 0.4) is 0 Å². The SMILES string of the molecule is CN(C)S(=O)(=O)c1cc(Cl)cc2c1OCC2. The lowest BCUT2D eigenvalue weighted by molar-refractivity contribution is 0.347. The van der Waals surface area contributed by atoms with E-state index in [-0.39, 0.29) is 4.90 Å². The zero-order valence-electron chi connectivity index (χ0n) is 9.03. The Hall–Kier alpha value is -0.780. The number of benzene rings is 1. The Bertz CT molecular complexity index is 525. The first-order valence-electron chi connectivity index (χ1n) is 4.80. The number of halogens is 1. The van der Waals surface area contributed by atoms with Gasteiger partial charge >= 0.3 is 0 Å². The fraction of sp³-hybridized carbons (Fsp3) is 0.400. The quantitative estimate of drug-likeness (QED) is 0.811. The molecular formula is C10H12ClNO3S. The van der Waals surface area contributed by atoms with Gasteiger partial charge in [-0.3, -0.25) is 0 Å². The Morgan fingerprint density at radius 3 is 2.69 bits per heavy atom. The summed E-state index contributed by atoms with van der Waals surface area (Å²) in [4.78, 5) is 0.150. The largest absolute Gasteiger partial charge is 0.492 e. The van der Waals surface area contributed by atoms with Crippen LogP contribution in [-0.4, -0.2) is 33.4 Å². The van der Waals surface area contributed by atoms with Crippen molar-refractivity contribution in [2.24, 2.45) is 0 Å². The molecule has 0 aromatic heterocycles. The van der Waals surface area contributed by atoms with Gasteiger partial charge in [-0.25, -0.2) is 12.7 Å². The molecule has 1 aromatic rings. The molecule has 6 heteroatoms. The summed E-state index contributed by atoms with van der Waals surface area (Å²) in [6.45, 7) is 0.506. The van der Waals surface area contributed by atoms with E-state index in [1.807, 2.05) is 0 Å². The summed E-state index contributed by atoms with van der Waals surface area (Å²) < 4.78 is 30.6. The second kappa shape index (κ2) is 3.91. The van der Waals surface area contributed by atoms with Crippen LogP contribution in [0.25, 0.3) is 0 Å². The number of hydrogen-bond donors (Lipinski definition) is 0. The number of rotatable bonds is 2. The van der Waals surface area contributed by atoms with Gasteiger partial charge in [0.2, 0.25) is 10.0 Å². The lowest BCUT2D eigenvalue weighted by atomic mass is 10.2. The van der Waals surface area contributed by atoms with Gasteiger partial charge in [0.05, 0.1) is 6.61 Å². The highest BCUT2D eigenvalue weighted by atomic mass is 35.5. The van der Waals surface area contributed by atoms with Crippen molar-refractivity contribution in [1.82, 2.24) is 4.31 Å².